The molecule has 0 bridgehead atoms. The van der Waals surface area contributed by atoms with Crippen LogP contribution in [0.25, 0.3) is 21.5 Å². The van der Waals surface area contributed by atoms with Gasteiger partial charge < -0.3 is 0 Å². The zero-order valence-electron chi connectivity index (χ0n) is 15.8. The smallest absolute Gasteiger partial charge is 0.169 e. The molecule has 29 heavy (non-hydrogen) atoms. The number of fused-ring (bicyclic) bond motifs is 2. The molecule has 0 aliphatic heterocycles. The van der Waals surface area contributed by atoms with Gasteiger partial charge in [0.15, 0.2) is 23.3 Å². The minimum Gasteiger partial charge on any atom is -0.206 e. The summed E-state index contributed by atoms with van der Waals surface area (Å²) in [5.41, 5.74) is 1.26. The standard InChI is InChI=1S/C24H17F5/c1-12-9-16-6-4-14(11-18(16)23(28)20(12)25)3-5-15-7-8-17-10-13(2)21(26)24(29)19(17)22(15)27/h4,6-11H,3,5H2,1-2H3. The van der Waals surface area contributed by atoms with Crippen molar-refractivity contribution in [1.82, 2.24) is 0 Å². The van der Waals surface area contributed by atoms with Crippen LogP contribution in [0.15, 0.2) is 42.5 Å². The Labute approximate surface area is 164 Å². The quantitative estimate of drug-likeness (QED) is 0.322. The summed E-state index contributed by atoms with van der Waals surface area (Å²) in [6.07, 6.45) is 0.543. The molecule has 5 heteroatoms. The van der Waals surface area contributed by atoms with Crippen LogP contribution in [0.4, 0.5) is 22.0 Å². The van der Waals surface area contributed by atoms with Gasteiger partial charge in [-0.15, -0.1) is 0 Å². The molecule has 0 saturated carbocycles. The molecule has 0 heterocycles. The van der Waals surface area contributed by atoms with E-state index in [0.29, 0.717) is 22.8 Å². The van der Waals surface area contributed by atoms with E-state index in [-0.39, 0.29) is 33.9 Å². The van der Waals surface area contributed by atoms with Crippen molar-refractivity contribution in [3.05, 3.63) is 93.8 Å². The molecule has 4 rings (SSSR count). The van der Waals surface area contributed by atoms with Crippen LogP contribution in [0.5, 0.6) is 0 Å². The van der Waals surface area contributed by atoms with Gasteiger partial charge in [0.25, 0.3) is 0 Å². The maximum Gasteiger partial charge on any atom is 0.169 e. The largest absolute Gasteiger partial charge is 0.206 e. The minimum absolute atomic E-state index is 0.114. The molecule has 0 atom stereocenters. The minimum atomic E-state index is -1.20. The average Bonchev–Trinajstić information content (AvgIpc) is 2.70. The van der Waals surface area contributed by atoms with Crippen molar-refractivity contribution in [2.75, 3.05) is 0 Å². The van der Waals surface area contributed by atoms with Gasteiger partial charge in [-0.2, -0.15) is 0 Å². The summed E-state index contributed by atoms with van der Waals surface area (Å²) in [5, 5.41) is 0.664. The topological polar surface area (TPSA) is 0 Å². The Bertz CT molecular complexity index is 1270. The lowest BCUT2D eigenvalue weighted by molar-refractivity contribution is 0.505. The zero-order chi connectivity index (χ0) is 20.9. The Morgan fingerprint density at radius 1 is 0.586 bits per heavy atom. The second-order valence-electron chi connectivity index (χ2n) is 7.34. The molecule has 148 valence electrons. The van der Waals surface area contributed by atoms with E-state index >= 15 is 0 Å². The van der Waals surface area contributed by atoms with Crippen LogP contribution in [0.3, 0.4) is 0 Å². The van der Waals surface area contributed by atoms with Crippen molar-refractivity contribution >= 4 is 21.5 Å². The molecule has 0 spiro atoms. The normalized spacial score (nSPS) is 11.6. The van der Waals surface area contributed by atoms with E-state index < -0.39 is 29.1 Å². The van der Waals surface area contributed by atoms with Gasteiger partial charge in [-0.1, -0.05) is 24.3 Å². The molecule has 4 aromatic rings. The molecule has 0 radical (unpaired) electrons. The first-order valence-corrected chi connectivity index (χ1v) is 9.21. The van der Waals surface area contributed by atoms with Gasteiger partial charge in [-0.05, 0) is 77.9 Å². The Balaban J connectivity index is 1.69. The van der Waals surface area contributed by atoms with E-state index in [1.807, 2.05) is 0 Å². The summed E-state index contributed by atoms with van der Waals surface area (Å²) in [7, 11) is 0. The third kappa shape index (κ3) is 3.24. The van der Waals surface area contributed by atoms with Crippen molar-refractivity contribution < 1.29 is 22.0 Å². The fourth-order valence-electron chi connectivity index (χ4n) is 3.69. The molecule has 4 aromatic carbocycles. The molecule has 0 fully saturated rings. The van der Waals surface area contributed by atoms with Gasteiger partial charge in [-0.25, -0.2) is 22.0 Å². The molecule has 0 nitrogen and oxygen atoms in total. The molecule has 0 unspecified atom stereocenters. The summed E-state index contributed by atoms with van der Waals surface area (Å²) >= 11 is 0. The van der Waals surface area contributed by atoms with Gasteiger partial charge >= 0.3 is 0 Å². The van der Waals surface area contributed by atoms with E-state index in [1.165, 1.54) is 26.0 Å². The fraction of sp³-hybridized carbons (Fsp3) is 0.167. The van der Waals surface area contributed by atoms with Gasteiger partial charge in [0.2, 0.25) is 0 Å². The predicted octanol–water partition coefficient (Wildman–Crippen LogP) is 7.09. The molecular weight excluding hydrogens is 383 g/mol. The Kier molecular flexibility index (Phi) is 4.77. The predicted molar refractivity (Wildman–Crippen MR) is 105 cm³/mol. The zero-order valence-corrected chi connectivity index (χ0v) is 15.8. The van der Waals surface area contributed by atoms with Crippen LogP contribution in [-0.4, -0.2) is 0 Å². The SMILES string of the molecule is Cc1cc2ccc(CCc3ccc4cc(C)c(F)c(F)c4c3F)cc2c(F)c1F. The van der Waals surface area contributed by atoms with E-state index in [1.54, 1.807) is 30.3 Å². The monoisotopic (exact) mass is 400 g/mol. The van der Waals surface area contributed by atoms with Gasteiger partial charge in [0.1, 0.15) is 5.82 Å². The number of aryl methyl sites for hydroxylation is 4. The van der Waals surface area contributed by atoms with Gasteiger partial charge in [-0.3, -0.25) is 0 Å². The third-order valence-electron chi connectivity index (χ3n) is 5.33. The van der Waals surface area contributed by atoms with Crippen LogP contribution in [-0.2, 0) is 12.8 Å². The summed E-state index contributed by atoms with van der Waals surface area (Å²) < 4.78 is 71.1. The highest BCUT2D eigenvalue weighted by Crippen LogP contribution is 2.29. The lowest BCUT2D eigenvalue weighted by atomic mass is 9.97. The number of halogens is 5. The van der Waals surface area contributed by atoms with Crippen molar-refractivity contribution in [2.45, 2.75) is 26.7 Å². The highest BCUT2D eigenvalue weighted by molar-refractivity contribution is 5.86. The number of hydrogen-bond donors (Lipinski definition) is 0. The van der Waals surface area contributed by atoms with Crippen molar-refractivity contribution in [1.29, 1.82) is 0 Å². The Morgan fingerprint density at radius 3 is 1.93 bits per heavy atom. The highest BCUT2D eigenvalue weighted by atomic mass is 19.2. The average molecular weight is 400 g/mol. The number of benzene rings is 4. The van der Waals surface area contributed by atoms with E-state index in [2.05, 4.69) is 0 Å². The molecule has 0 N–H and O–H groups in total. The summed E-state index contributed by atoms with van der Waals surface area (Å²) in [5.74, 6) is -4.85. The molecule has 0 aliphatic carbocycles. The van der Waals surface area contributed by atoms with Crippen LogP contribution >= 0.6 is 0 Å². The van der Waals surface area contributed by atoms with Gasteiger partial charge in [0.05, 0.1) is 5.39 Å². The molecule has 0 aliphatic rings. The molecule has 0 amide bonds. The summed E-state index contributed by atoms with van der Waals surface area (Å²) in [6, 6.07) is 11.1. The lowest BCUT2D eigenvalue weighted by Crippen LogP contribution is -2.00. The summed E-state index contributed by atoms with van der Waals surface area (Å²) in [6.45, 7) is 2.92. The second-order valence-corrected chi connectivity index (χ2v) is 7.34. The maximum absolute atomic E-state index is 14.8. The van der Waals surface area contributed by atoms with Crippen LogP contribution in [0.2, 0.25) is 0 Å². The van der Waals surface area contributed by atoms with Crippen molar-refractivity contribution in [2.24, 2.45) is 0 Å². The highest BCUT2D eigenvalue weighted by Gasteiger charge is 2.17. The Hall–Kier alpha value is -2.95. The molecular formula is C24H17F5. The van der Waals surface area contributed by atoms with Crippen LogP contribution in [0.1, 0.15) is 22.3 Å². The fourth-order valence-corrected chi connectivity index (χ4v) is 3.69. The maximum atomic E-state index is 14.8. The Morgan fingerprint density at radius 2 is 1.21 bits per heavy atom. The second kappa shape index (κ2) is 7.14. The third-order valence-corrected chi connectivity index (χ3v) is 5.33. The first kappa shape index (κ1) is 19.4. The van der Waals surface area contributed by atoms with Crippen molar-refractivity contribution in [3.8, 4) is 0 Å². The number of rotatable bonds is 3. The van der Waals surface area contributed by atoms with Crippen LogP contribution < -0.4 is 0 Å². The van der Waals surface area contributed by atoms with Crippen molar-refractivity contribution in [3.63, 3.8) is 0 Å². The van der Waals surface area contributed by atoms with E-state index in [9.17, 15) is 22.0 Å². The van der Waals surface area contributed by atoms with E-state index in [4.69, 9.17) is 0 Å². The molecule has 0 aromatic heterocycles. The number of hydrogen-bond acceptors (Lipinski definition) is 0. The molecule has 0 saturated heterocycles. The first-order valence-electron chi connectivity index (χ1n) is 9.21. The summed E-state index contributed by atoms with van der Waals surface area (Å²) in [4.78, 5) is 0. The first-order chi connectivity index (χ1) is 13.8. The lowest BCUT2D eigenvalue weighted by Gasteiger charge is -2.10. The van der Waals surface area contributed by atoms with E-state index in [0.717, 1.165) is 0 Å². The van der Waals surface area contributed by atoms with Crippen LogP contribution in [0, 0.1) is 42.9 Å². The van der Waals surface area contributed by atoms with Gasteiger partial charge in [0, 0.05) is 5.39 Å².